The summed E-state index contributed by atoms with van der Waals surface area (Å²) in [6.07, 6.45) is 1.09. The van der Waals surface area contributed by atoms with Crippen LogP contribution in [0.5, 0.6) is 0 Å². The molecule has 3 rings (SSSR count). The van der Waals surface area contributed by atoms with Crippen LogP contribution in [0.2, 0.25) is 0 Å². The second-order valence-corrected chi connectivity index (χ2v) is 5.76. The van der Waals surface area contributed by atoms with Crippen LogP contribution in [-0.4, -0.2) is 53.6 Å². The first-order chi connectivity index (χ1) is 9.74. The summed E-state index contributed by atoms with van der Waals surface area (Å²) >= 11 is 5.70. The molecule has 0 bridgehead atoms. The second kappa shape index (κ2) is 6.12. The number of fused-ring (bicyclic) bond motifs is 1. The maximum absolute atomic E-state index is 11.5. The minimum absolute atomic E-state index is 0.0891. The van der Waals surface area contributed by atoms with E-state index in [1.165, 1.54) is 5.56 Å². The molecule has 2 aliphatic rings. The molecule has 0 aliphatic carbocycles. The van der Waals surface area contributed by atoms with E-state index < -0.39 is 0 Å². The van der Waals surface area contributed by atoms with E-state index in [1.54, 1.807) is 4.90 Å². The fourth-order valence-electron chi connectivity index (χ4n) is 3.14. The SMILES string of the molecule is O=C(Cl)N1CCOC2CCN(Cc3ccccc3)CC21. The van der Waals surface area contributed by atoms with Crippen molar-refractivity contribution in [1.29, 1.82) is 0 Å². The average Bonchev–Trinajstić information content (AvgIpc) is 2.47. The Balaban J connectivity index is 1.67. The summed E-state index contributed by atoms with van der Waals surface area (Å²) in [5.74, 6) is 0. The largest absolute Gasteiger partial charge is 0.374 e. The Morgan fingerprint density at radius 1 is 1.30 bits per heavy atom. The van der Waals surface area contributed by atoms with E-state index >= 15 is 0 Å². The summed E-state index contributed by atoms with van der Waals surface area (Å²) in [6.45, 7) is 3.94. The Hall–Kier alpha value is -1.10. The average molecular weight is 295 g/mol. The van der Waals surface area contributed by atoms with Crippen molar-refractivity contribution in [3.63, 3.8) is 0 Å². The third-order valence-electron chi connectivity index (χ3n) is 4.14. The predicted molar refractivity (Wildman–Crippen MR) is 77.8 cm³/mol. The standard InChI is InChI=1S/C15H19ClN2O2/c16-15(19)18-8-9-20-14-6-7-17(11-13(14)18)10-12-4-2-1-3-5-12/h1-5,13-14H,6-11H2. The molecule has 0 saturated carbocycles. The molecule has 20 heavy (non-hydrogen) atoms. The van der Waals surface area contributed by atoms with E-state index in [-0.39, 0.29) is 17.5 Å². The number of hydrogen-bond acceptors (Lipinski definition) is 3. The van der Waals surface area contributed by atoms with Crippen molar-refractivity contribution in [2.45, 2.75) is 25.1 Å². The highest BCUT2D eigenvalue weighted by molar-refractivity contribution is 6.62. The number of rotatable bonds is 2. The van der Waals surface area contributed by atoms with Gasteiger partial charge in [0.05, 0.1) is 18.8 Å². The Labute approximate surface area is 124 Å². The van der Waals surface area contributed by atoms with Crippen LogP contribution in [0.3, 0.4) is 0 Å². The zero-order valence-corrected chi connectivity index (χ0v) is 12.1. The highest BCUT2D eigenvalue weighted by Gasteiger charge is 2.38. The highest BCUT2D eigenvalue weighted by Crippen LogP contribution is 2.25. The fraction of sp³-hybridized carbons (Fsp3) is 0.533. The van der Waals surface area contributed by atoms with Gasteiger partial charge in [0.1, 0.15) is 0 Å². The van der Waals surface area contributed by atoms with E-state index in [9.17, 15) is 4.79 Å². The van der Waals surface area contributed by atoms with Crippen molar-refractivity contribution < 1.29 is 9.53 Å². The molecule has 2 heterocycles. The number of likely N-dealkylation sites (tertiary alicyclic amines) is 1. The number of halogens is 1. The fourth-order valence-corrected chi connectivity index (χ4v) is 3.35. The lowest BCUT2D eigenvalue weighted by molar-refractivity contribution is -0.0854. The molecule has 2 saturated heterocycles. The van der Waals surface area contributed by atoms with E-state index in [1.807, 2.05) is 6.07 Å². The van der Waals surface area contributed by atoms with Gasteiger partial charge in [-0.25, -0.2) is 0 Å². The van der Waals surface area contributed by atoms with Gasteiger partial charge in [0, 0.05) is 26.2 Å². The van der Waals surface area contributed by atoms with Gasteiger partial charge in [-0.1, -0.05) is 30.3 Å². The number of benzene rings is 1. The first kappa shape index (κ1) is 13.9. The lowest BCUT2D eigenvalue weighted by Crippen LogP contribution is -2.60. The molecule has 108 valence electrons. The molecule has 2 atom stereocenters. The topological polar surface area (TPSA) is 32.8 Å². The van der Waals surface area contributed by atoms with Gasteiger partial charge in [0.25, 0.3) is 0 Å². The third-order valence-corrected chi connectivity index (χ3v) is 4.36. The summed E-state index contributed by atoms with van der Waals surface area (Å²) in [7, 11) is 0. The second-order valence-electron chi connectivity index (χ2n) is 5.43. The molecule has 2 fully saturated rings. The van der Waals surface area contributed by atoms with Crippen molar-refractivity contribution in [2.75, 3.05) is 26.2 Å². The number of morpholine rings is 1. The molecule has 2 aliphatic heterocycles. The Kier molecular flexibility index (Phi) is 4.24. The maximum atomic E-state index is 11.5. The third kappa shape index (κ3) is 2.97. The maximum Gasteiger partial charge on any atom is 0.316 e. The van der Waals surface area contributed by atoms with Crippen molar-refractivity contribution in [2.24, 2.45) is 0 Å². The lowest BCUT2D eigenvalue weighted by atomic mass is 9.98. The molecule has 4 nitrogen and oxygen atoms in total. The normalized spacial score (nSPS) is 27.1. The molecule has 5 heteroatoms. The summed E-state index contributed by atoms with van der Waals surface area (Å²) in [5.41, 5.74) is 1.30. The van der Waals surface area contributed by atoms with Crippen LogP contribution in [-0.2, 0) is 11.3 Å². The van der Waals surface area contributed by atoms with Crippen molar-refractivity contribution >= 4 is 17.0 Å². The molecule has 0 aromatic heterocycles. The highest BCUT2D eigenvalue weighted by atomic mass is 35.5. The van der Waals surface area contributed by atoms with Gasteiger partial charge in [-0.2, -0.15) is 0 Å². The van der Waals surface area contributed by atoms with Crippen LogP contribution < -0.4 is 0 Å². The van der Waals surface area contributed by atoms with Gasteiger partial charge in [-0.15, -0.1) is 0 Å². The zero-order chi connectivity index (χ0) is 13.9. The molecule has 1 aromatic carbocycles. The summed E-state index contributed by atoms with van der Waals surface area (Å²) in [5, 5.41) is -0.357. The zero-order valence-electron chi connectivity index (χ0n) is 11.4. The van der Waals surface area contributed by atoms with Crippen molar-refractivity contribution in [3.05, 3.63) is 35.9 Å². The smallest absolute Gasteiger partial charge is 0.316 e. The van der Waals surface area contributed by atoms with Gasteiger partial charge in [0.2, 0.25) is 0 Å². The summed E-state index contributed by atoms with van der Waals surface area (Å²) < 4.78 is 5.78. The Bertz CT molecular complexity index is 468. The molecule has 1 amide bonds. The lowest BCUT2D eigenvalue weighted by Gasteiger charge is -2.46. The Morgan fingerprint density at radius 3 is 2.85 bits per heavy atom. The van der Waals surface area contributed by atoms with Crippen LogP contribution in [0.15, 0.2) is 30.3 Å². The van der Waals surface area contributed by atoms with Gasteiger partial charge in [-0.05, 0) is 23.6 Å². The van der Waals surface area contributed by atoms with Crippen molar-refractivity contribution in [3.8, 4) is 0 Å². The number of amides is 1. The number of hydrogen-bond donors (Lipinski definition) is 0. The van der Waals surface area contributed by atoms with Crippen molar-refractivity contribution in [1.82, 2.24) is 9.80 Å². The van der Waals surface area contributed by atoms with Gasteiger partial charge >= 0.3 is 5.37 Å². The number of carbonyl (C=O) groups excluding carboxylic acids is 1. The van der Waals surface area contributed by atoms with Crippen LogP contribution >= 0.6 is 11.6 Å². The van der Waals surface area contributed by atoms with E-state index in [0.717, 1.165) is 26.1 Å². The monoisotopic (exact) mass is 294 g/mol. The first-order valence-corrected chi connectivity index (χ1v) is 7.46. The number of piperidine rings is 1. The van der Waals surface area contributed by atoms with Crippen LogP contribution in [0.4, 0.5) is 4.79 Å². The molecular weight excluding hydrogens is 276 g/mol. The van der Waals surface area contributed by atoms with Gasteiger partial charge < -0.3 is 9.64 Å². The first-order valence-electron chi connectivity index (χ1n) is 7.08. The van der Waals surface area contributed by atoms with E-state index in [2.05, 4.69) is 29.2 Å². The minimum atomic E-state index is -0.357. The molecular formula is C15H19ClN2O2. The van der Waals surface area contributed by atoms with Crippen LogP contribution in [0, 0.1) is 0 Å². The molecule has 2 unspecified atom stereocenters. The number of ether oxygens (including phenoxy) is 1. The van der Waals surface area contributed by atoms with Crippen LogP contribution in [0.1, 0.15) is 12.0 Å². The summed E-state index contributed by atoms with van der Waals surface area (Å²) in [6, 6.07) is 10.5. The molecule has 1 aromatic rings. The van der Waals surface area contributed by atoms with Gasteiger partial charge in [-0.3, -0.25) is 9.69 Å². The van der Waals surface area contributed by atoms with Crippen LogP contribution in [0.25, 0.3) is 0 Å². The molecule has 0 radical (unpaired) electrons. The van der Waals surface area contributed by atoms with E-state index in [4.69, 9.17) is 16.3 Å². The quantitative estimate of drug-likeness (QED) is 0.620. The Morgan fingerprint density at radius 2 is 2.10 bits per heavy atom. The minimum Gasteiger partial charge on any atom is -0.374 e. The molecule has 0 spiro atoms. The number of carbonyl (C=O) groups is 1. The van der Waals surface area contributed by atoms with E-state index in [0.29, 0.717) is 13.2 Å². The number of nitrogens with zero attached hydrogens (tertiary/aromatic N) is 2. The van der Waals surface area contributed by atoms with Gasteiger partial charge in [0.15, 0.2) is 0 Å². The predicted octanol–water partition coefficient (Wildman–Crippen LogP) is 2.32. The summed E-state index contributed by atoms with van der Waals surface area (Å²) in [4.78, 5) is 15.7. The molecule has 0 N–H and O–H groups in total.